The molecule has 4 heterocycles. The average Bonchev–Trinajstić information content (AvgIpc) is 3.86. The number of hydrogen-bond donors (Lipinski definition) is 2. The molecule has 2 fully saturated rings. The Hall–Kier alpha value is -5.35. The standard InChI is InChI=1S/C39H45FN6O9/c1-6-37-14-7-16-45-17-15-38(33(37)45)27-18-28(30(52-4)19-29(27)44(3)34(38)39(51,36(50)53-5)35(37)55-23(2)47)41-31(48)12-13-32(49)54-22-26-21-46(43-42-26)20-24-8-10-25(40)11-9-24/h7-11,14,18-19,21,33-35,51H,6,12-13,15-17,20,22H2,1-5H3,(H,41,48)/t33-,34+,35+,37+,38+,39-/m0/s1. The molecule has 3 aromatic rings. The van der Waals surface area contributed by atoms with Gasteiger partial charge in [-0.1, -0.05) is 36.4 Å². The van der Waals surface area contributed by atoms with Gasteiger partial charge in [0.1, 0.15) is 23.9 Å². The number of anilines is 2. The molecule has 0 unspecified atom stereocenters. The number of aliphatic hydroxyl groups is 1. The van der Waals surface area contributed by atoms with Crippen LogP contribution >= 0.6 is 0 Å². The fourth-order valence-electron chi connectivity index (χ4n) is 9.77. The number of carbonyl (C=O) groups excluding carboxylic acids is 4. The van der Waals surface area contributed by atoms with Crippen molar-refractivity contribution in [3.05, 3.63) is 77.4 Å². The number of rotatable bonds is 12. The van der Waals surface area contributed by atoms with Gasteiger partial charge in [0.25, 0.3) is 0 Å². The monoisotopic (exact) mass is 760 g/mol. The lowest BCUT2D eigenvalue weighted by Gasteiger charge is -2.63. The summed E-state index contributed by atoms with van der Waals surface area (Å²) in [5.74, 6) is -2.60. The number of amides is 1. The van der Waals surface area contributed by atoms with Crippen LogP contribution in [-0.4, -0.2) is 107 Å². The summed E-state index contributed by atoms with van der Waals surface area (Å²) in [5, 5.41) is 23.8. The first-order valence-electron chi connectivity index (χ1n) is 18.3. The summed E-state index contributed by atoms with van der Waals surface area (Å²) in [7, 11) is 4.46. The third-order valence-electron chi connectivity index (χ3n) is 11.8. The zero-order chi connectivity index (χ0) is 39.3. The Morgan fingerprint density at radius 1 is 1.09 bits per heavy atom. The Morgan fingerprint density at radius 2 is 1.85 bits per heavy atom. The van der Waals surface area contributed by atoms with E-state index in [4.69, 9.17) is 18.9 Å². The van der Waals surface area contributed by atoms with E-state index in [1.54, 1.807) is 36.1 Å². The third kappa shape index (κ3) is 6.11. The lowest BCUT2D eigenvalue weighted by molar-refractivity contribution is -0.228. The molecule has 6 atom stereocenters. The van der Waals surface area contributed by atoms with Crippen molar-refractivity contribution in [2.24, 2.45) is 5.41 Å². The zero-order valence-electron chi connectivity index (χ0n) is 31.4. The quantitative estimate of drug-likeness (QED) is 0.157. The van der Waals surface area contributed by atoms with Crippen molar-refractivity contribution in [2.45, 2.75) is 81.9 Å². The highest BCUT2D eigenvalue weighted by Crippen LogP contribution is 2.67. The second-order valence-electron chi connectivity index (χ2n) is 14.7. The van der Waals surface area contributed by atoms with Gasteiger partial charge >= 0.3 is 17.9 Å². The van der Waals surface area contributed by atoms with Gasteiger partial charge in [-0.3, -0.25) is 19.3 Å². The number of fused-ring (bicyclic) bond motifs is 1. The van der Waals surface area contributed by atoms with Gasteiger partial charge in [-0.05, 0) is 48.7 Å². The van der Waals surface area contributed by atoms with Crippen molar-refractivity contribution >= 4 is 35.2 Å². The van der Waals surface area contributed by atoms with Crippen LogP contribution in [0.3, 0.4) is 0 Å². The predicted molar refractivity (Wildman–Crippen MR) is 194 cm³/mol. The maximum Gasteiger partial charge on any atom is 0.344 e. The van der Waals surface area contributed by atoms with Crippen molar-refractivity contribution < 1.29 is 47.6 Å². The van der Waals surface area contributed by atoms with Crippen molar-refractivity contribution in [1.29, 1.82) is 0 Å². The molecule has 4 aliphatic rings. The third-order valence-corrected chi connectivity index (χ3v) is 11.8. The molecule has 2 aromatic carbocycles. The summed E-state index contributed by atoms with van der Waals surface area (Å²) in [4.78, 5) is 56.8. The molecule has 15 nitrogen and oxygen atoms in total. The summed E-state index contributed by atoms with van der Waals surface area (Å²) in [6, 6.07) is 8.40. The van der Waals surface area contributed by atoms with E-state index < -0.39 is 52.4 Å². The number of ether oxygens (including phenoxy) is 4. The lowest BCUT2D eigenvalue weighted by Crippen LogP contribution is -2.81. The molecule has 16 heteroatoms. The van der Waals surface area contributed by atoms with Crippen LogP contribution in [0.1, 0.15) is 56.4 Å². The number of likely N-dealkylation sites (N-methyl/N-ethyl adjacent to an activating group) is 1. The van der Waals surface area contributed by atoms with Crippen molar-refractivity contribution in [3.8, 4) is 5.75 Å². The molecule has 3 aliphatic heterocycles. The van der Waals surface area contributed by atoms with Gasteiger partial charge in [0, 0.05) is 55.6 Å². The highest BCUT2D eigenvalue weighted by Gasteiger charge is 2.80. The van der Waals surface area contributed by atoms with Crippen LogP contribution < -0.4 is 15.0 Å². The van der Waals surface area contributed by atoms with E-state index in [0.29, 0.717) is 55.3 Å². The fraction of sp³-hybridized carbons (Fsp3) is 0.487. The molecule has 0 radical (unpaired) electrons. The molecule has 1 spiro atoms. The van der Waals surface area contributed by atoms with Gasteiger partial charge in [0.05, 0.1) is 45.1 Å². The van der Waals surface area contributed by atoms with Crippen LogP contribution in [-0.2, 0) is 52.0 Å². The van der Waals surface area contributed by atoms with Gasteiger partial charge in [-0.25, -0.2) is 13.9 Å². The summed E-state index contributed by atoms with van der Waals surface area (Å²) >= 11 is 0. The average molecular weight is 761 g/mol. The summed E-state index contributed by atoms with van der Waals surface area (Å²) in [5.41, 5.74) is -1.05. The summed E-state index contributed by atoms with van der Waals surface area (Å²) < 4.78 is 37.1. The molecule has 55 heavy (non-hydrogen) atoms. The predicted octanol–water partition coefficient (Wildman–Crippen LogP) is 2.88. The number of benzene rings is 2. The largest absolute Gasteiger partial charge is 0.494 e. The molecule has 2 N–H and O–H groups in total. The van der Waals surface area contributed by atoms with Crippen molar-refractivity contribution in [2.75, 3.05) is 44.6 Å². The van der Waals surface area contributed by atoms with E-state index in [9.17, 15) is 28.7 Å². The number of carbonyl (C=O) groups is 4. The van der Waals surface area contributed by atoms with E-state index in [1.807, 2.05) is 30.0 Å². The van der Waals surface area contributed by atoms with E-state index in [-0.39, 0.29) is 31.3 Å². The minimum absolute atomic E-state index is 0.137. The molecule has 1 aliphatic carbocycles. The number of esters is 3. The number of halogens is 1. The maximum absolute atomic E-state index is 13.9. The van der Waals surface area contributed by atoms with Gasteiger partial charge in [0.2, 0.25) is 11.5 Å². The van der Waals surface area contributed by atoms with Crippen LogP contribution in [0.25, 0.3) is 0 Å². The molecule has 0 bridgehead atoms. The van der Waals surface area contributed by atoms with Crippen molar-refractivity contribution in [3.63, 3.8) is 0 Å². The topological polar surface area (TPSA) is 175 Å². The summed E-state index contributed by atoms with van der Waals surface area (Å²) in [6.45, 7) is 4.72. The number of hydrogen-bond acceptors (Lipinski definition) is 13. The molecule has 1 saturated heterocycles. The molecule has 1 amide bonds. The number of methoxy groups -OCH3 is 2. The molecular formula is C39H45FN6O9. The number of aromatic nitrogens is 3. The summed E-state index contributed by atoms with van der Waals surface area (Å²) in [6.07, 6.45) is 4.95. The zero-order valence-corrected chi connectivity index (χ0v) is 31.4. The number of nitrogens with one attached hydrogen (secondary N) is 1. The maximum atomic E-state index is 13.9. The molecule has 292 valence electrons. The van der Waals surface area contributed by atoms with Gasteiger partial charge in [-0.2, -0.15) is 0 Å². The number of nitrogens with zero attached hydrogens (tertiary/aromatic N) is 5. The van der Waals surface area contributed by atoms with Crippen LogP contribution in [0.4, 0.5) is 15.8 Å². The minimum Gasteiger partial charge on any atom is -0.494 e. The van der Waals surface area contributed by atoms with Crippen LogP contribution in [0, 0.1) is 11.2 Å². The smallest absolute Gasteiger partial charge is 0.344 e. The highest BCUT2D eigenvalue weighted by molar-refractivity contribution is 5.95. The van der Waals surface area contributed by atoms with Gasteiger partial charge in [0.15, 0.2) is 6.10 Å². The highest BCUT2D eigenvalue weighted by atomic mass is 19.1. The molecule has 7 rings (SSSR count). The SMILES string of the molecule is CC[C@]12C=CCN3CC[C@@]4(c5cc(NC(=O)CCC(=O)OCc6cn(Cc7ccc(F)cc7)nn6)c(OC)cc5N(C)[C@H]4[C@@](O)(C(=O)OC)[C@@H]1OC(C)=O)[C@@H]32. The lowest BCUT2D eigenvalue weighted by atomic mass is 9.47. The Labute approximate surface area is 317 Å². The van der Waals surface area contributed by atoms with E-state index in [2.05, 4.69) is 20.5 Å². The second-order valence-corrected chi connectivity index (χ2v) is 14.7. The molecule has 1 saturated carbocycles. The Balaban J connectivity index is 1.12. The van der Waals surface area contributed by atoms with Crippen molar-refractivity contribution in [1.82, 2.24) is 19.9 Å². The fourth-order valence-corrected chi connectivity index (χ4v) is 9.77. The van der Waals surface area contributed by atoms with Crippen LogP contribution in [0.2, 0.25) is 0 Å². The Kier molecular flexibility index (Phi) is 9.92. The first-order valence-corrected chi connectivity index (χ1v) is 18.3. The van der Waals surface area contributed by atoms with E-state index in [1.165, 1.54) is 33.3 Å². The first-order chi connectivity index (χ1) is 26.3. The molecular weight excluding hydrogens is 715 g/mol. The minimum atomic E-state index is -2.29. The van der Waals surface area contributed by atoms with Gasteiger partial charge in [-0.15, -0.1) is 5.10 Å². The normalized spacial score (nSPS) is 27.5. The van der Waals surface area contributed by atoms with Crippen LogP contribution in [0.15, 0.2) is 54.7 Å². The van der Waals surface area contributed by atoms with E-state index >= 15 is 0 Å². The first kappa shape index (κ1) is 37.9. The second kappa shape index (κ2) is 14.4. The van der Waals surface area contributed by atoms with Crippen LogP contribution in [0.5, 0.6) is 5.75 Å². The Morgan fingerprint density at radius 3 is 2.55 bits per heavy atom. The Bertz CT molecular complexity index is 2040. The van der Waals surface area contributed by atoms with Gasteiger partial charge < -0.3 is 34.3 Å². The molecule has 1 aromatic heterocycles. The van der Waals surface area contributed by atoms with E-state index in [0.717, 1.165) is 11.1 Å².